The van der Waals surface area contributed by atoms with Crippen molar-refractivity contribution in [1.29, 1.82) is 0 Å². The van der Waals surface area contributed by atoms with Crippen LogP contribution in [-0.2, 0) is 6.54 Å². The SMILES string of the molecule is CN1CCN(C(=O)c2cc(-c3ccn(Cc4ccccc4)n3)n3ccccc23)CC1. The van der Waals surface area contributed by atoms with Crippen LogP contribution >= 0.6 is 0 Å². The van der Waals surface area contributed by atoms with Gasteiger partial charge in [-0.1, -0.05) is 36.4 Å². The zero-order valence-electron chi connectivity index (χ0n) is 17.1. The van der Waals surface area contributed by atoms with Crippen molar-refractivity contribution >= 4 is 11.4 Å². The fourth-order valence-electron chi connectivity index (χ4n) is 4.06. The molecule has 3 aromatic heterocycles. The van der Waals surface area contributed by atoms with Gasteiger partial charge in [0.2, 0.25) is 0 Å². The first-order valence-electron chi connectivity index (χ1n) is 10.3. The maximum absolute atomic E-state index is 13.3. The monoisotopic (exact) mass is 399 g/mol. The Hall–Kier alpha value is -3.38. The van der Waals surface area contributed by atoms with E-state index in [9.17, 15) is 4.79 Å². The van der Waals surface area contributed by atoms with Crippen molar-refractivity contribution in [3.63, 3.8) is 0 Å². The third kappa shape index (κ3) is 3.50. The normalized spacial score (nSPS) is 15.0. The van der Waals surface area contributed by atoms with Crippen molar-refractivity contribution in [2.24, 2.45) is 0 Å². The summed E-state index contributed by atoms with van der Waals surface area (Å²) >= 11 is 0. The Morgan fingerprint density at radius 3 is 2.50 bits per heavy atom. The lowest BCUT2D eigenvalue weighted by Crippen LogP contribution is -2.47. The molecule has 1 saturated heterocycles. The Kier molecular flexibility index (Phi) is 4.85. The van der Waals surface area contributed by atoms with Crippen molar-refractivity contribution in [2.45, 2.75) is 6.54 Å². The average Bonchev–Trinajstić information content (AvgIpc) is 3.39. The second-order valence-electron chi connectivity index (χ2n) is 7.88. The number of nitrogens with zero attached hydrogens (tertiary/aromatic N) is 5. The van der Waals surface area contributed by atoms with E-state index in [1.165, 1.54) is 5.56 Å². The maximum Gasteiger partial charge on any atom is 0.256 e. The molecule has 0 unspecified atom stereocenters. The molecule has 0 N–H and O–H groups in total. The zero-order chi connectivity index (χ0) is 20.5. The quantitative estimate of drug-likeness (QED) is 0.529. The molecule has 1 amide bonds. The highest BCUT2D eigenvalue weighted by Crippen LogP contribution is 2.26. The van der Waals surface area contributed by atoms with Gasteiger partial charge in [-0.25, -0.2) is 0 Å². The second-order valence-corrected chi connectivity index (χ2v) is 7.88. The molecule has 1 fully saturated rings. The summed E-state index contributed by atoms with van der Waals surface area (Å²) in [6, 6.07) is 20.3. The number of likely N-dealkylation sites (N-methyl/N-ethyl adjacent to an activating group) is 1. The van der Waals surface area contributed by atoms with Crippen LogP contribution in [0.4, 0.5) is 0 Å². The molecule has 0 atom stereocenters. The average molecular weight is 399 g/mol. The Morgan fingerprint density at radius 2 is 1.70 bits per heavy atom. The van der Waals surface area contributed by atoms with E-state index in [4.69, 9.17) is 5.10 Å². The van der Waals surface area contributed by atoms with Crippen molar-refractivity contribution in [3.05, 3.63) is 84.2 Å². The van der Waals surface area contributed by atoms with Crippen LogP contribution in [0.3, 0.4) is 0 Å². The van der Waals surface area contributed by atoms with Gasteiger partial charge in [0.1, 0.15) is 5.69 Å². The van der Waals surface area contributed by atoms with Crippen molar-refractivity contribution in [1.82, 2.24) is 24.0 Å². The van der Waals surface area contributed by atoms with E-state index in [-0.39, 0.29) is 5.91 Å². The number of hydrogen-bond acceptors (Lipinski definition) is 3. The van der Waals surface area contributed by atoms with Crippen molar-refractivity contribution in [2.75, 3.05) is 33.2 Å². The Morgan fingerprint density at radius 1 is 0.933 bits per heavy atom. The maximum atomic E-state index is 13.3. The van der Waals surface area contributed by atoms with Crippen LogP contribution in [0, 0.1) is 0 Å². The van der Waals surface area contributed by atoms with E-state index >= 15 is 0 Å². The van der Waals surface area contributed by atoms with Crippen molar-refractivity contribution < 1.29 is 4.79 Å². The van der Waals surface area contributed by atoms with Gasteiger partial charge in [0.05, 0.1) is 23.3 Å². The van der Waals surface area contributed by atoms with Gasteiger partial charge in [0.15, 0.2) is 0 Å². The number of benzene rings is 1. The fraction of sp³-hybridized carbons (Fsp3) is 0.250. The lowest BCUT2D eigenvalue weighted by Gasteiger charge is -2.32. The number of piperazine rings is 1. The van der Waals surface area contributed by atoms with E-state index in [0.717, 1.165) is 55.2 Å². The predicted octanol–water partition coefficient (Wildman–Crippen LogP) is 3.24. The topological polar surface area (TPSA) is 45.8 Å². The minimum Gasteiger partial charge on any atom is -0.336 e. The third-order valence-electron chi connectivity index (χ3n) is 5.79. The number of amides is 1. The Balaban J connectivity index is 1.48. The summed E-state index contributed by atoms with van der Waals surface area (Å²) in [5, 5.41) is 4.79. The minimum absolute atomic E-state index is 0.0989. The largest absolute Gasteiger partial charge is 0.336 e. The van der Waals surface area contributed by atoms with Crippen LogP contribution in [0.2, 0.25) is 0 Å². The van der Waals surface area contributed by atoms with Crippen molar-refractivity contribution in [3.8, 4) is 11.4 Å². The highest BCUT2D eigenvalue weighted by atomic mass is 16.2. The lowest BCUT2D eigenvalue weighted by atomic mass is 10.2. The Bertz CT molecular complexity index is 1170. The molecular formula is C24H25N5O. The summed E-state index contributed by atoms with van der Waals surface area (Å²) in [5.41, 5.74) is 4.68. The summed E-state index contributed by atoms with van der Waals surface area (Å²) in [6.45, 7) is 4.07. The molecule has 0 aliphatic carbocycles. The Labute approximate surface area is 176 Å². The van der Waals surface area contributed by atoms with Gasteiger partial charge in [-0.3, -0.25) is 9.48 Å². The zero-order valence-corrected chi connectivity index (χ0v) is 17.1. The number of rotatable bonds is 4. The molecule has 6 nitrogen and oxygen atoms in total. The number of hydrogen-bond donors (Lipinski definition) is 0. The number of fused-ring (bicyclic) bond motifs is 1. The summed E-state index contributed by atoms with van der Waals surface area (Å²) < 4.78 is 4.01. The highest BCUT2D eigenvalue weighted by molar-refractivity contribution is 6.02. The molecule has 4 heterocycles. The van der Waals surface area contributed by atoms with Crippen LogP contribution in [0.1, 0.15) is 15.9 Å². The molecule has 0 radical (unpaired) electrons. The number of carbonyl (C=O) groups excluding carboxylic acids is 1. The first-order valence-corrected chi connectivity index (χ1v) is 10.3. The first-order chi connectivity index (χ1) is 14.7. The van der Waals surface area contributed by atoms with Crippen LogP contribution in [0.25, 0.3) is 16.9 Å². The number of pyridine rings is 1. The fourth-order valence-corrected chi connectivity index (χ4v) is 4.06. The smallest absolute Gasteiger partial charge is 0.256 e. The van der Waals surface area contributed by atoms with Gasteiger partial charge < -0.3 is 14.2 Å². The van der Waals surface area contributed by atoms with Crippen LogP contribution < -0.4 is 0 Å². The van der Waals surface area contributed by atoms with Gasteiger partial charge in [0, 0.05) is 38.6 Å². The van der Waals surface area contributed by atoms with Crippen LogP contribution in [0.5, 0.6) is 0 Å². The van der Waals surface area contributed by atoms with Gasteiger partial charge in [-0.15, -0.1) is 0 Å². The molecule has 1 aliphatic heterocycles. The summed E-state index contributed by atoms with van der Waals surface area (Å²) in [5.74, 6) is 0.0989. The molecule has 30 heavy (non-hydrogen) atoms. The van der Waals surface area contributed by atoms with Gasteiger partial charge in [-0.05, 0) is 36.9 Å². The molecule has 6 heteroatoms. The van der Waals surface area contributed by atoms with E-state index in [1.54, 1.807) is 0 Å². The number of aromatic nitrogens is 3. The van der Waals surface area contributed by atoms with E-state index in [0.29, 0.717) is 0 Å². The summed E-state index contributed by atoms with van der Waals surface area (Å²) in [4.78, 5) is 17.5. The van der Waals surface area contributed by atoms with Gasteiger partial charge >= 0.3 is 0 Å². The molecule has 5 rings (SSSR count). The molecule has 0 saturated carbocycles. The molecule has 1 aromatic carbocycles. The summed E-state index contributed by atoms with van der Waals surface area (Å²) in [7, 11) is 2.10. The summed E-state index contributed by atoms with van der Waals surface area (Å²) in [6.07, 6.45) is 3.99. The number of carbonyl (C=O) groups is 1. The molecular weight excluding hydrogens is 374 g/mol. The van der Waals surface area contributed by atoms with Gasteiger partial charge in [0.25, 0.3) is 5.91 Å². The first kappa shape index (κ1) is 18.6. The predicted molar refractivity (Wildman–Crippen MR) is 118 cm³/mol. The minimum atomic E-state index is 0.0989. The second kappa shape index (κ2) is 7.80. The van der Waals surface area contributed by atoms with Crippen LogP contribution in [0.15, 0.2) is 73.1 Å². The van der Waals surface area contributed by atoms with Crippen LogP contribution in [-0.4, -0.2) is 63.1 Å². The van der Waals surface area contributed by atoms with Gasteiger partial charge in [-0.2, -0.15) is 5.10 Å². The lowest BCUT2D eigenvalue weighted by molar-refractivity contribution is 0.0666. The molecule has 1 aliphatic rings. The van der Waals surface area contributed by atoms with E-state index < -0.39 is 0 Å². The van der Waals surface area contributed by atoms with E-state index in [1.807, 2.05) is 70.5 Å². The molecule has 0 bridgehead atoms. The molecule has 4 aromatic rings. The highest BCUT2D eigenvalue weighted by Gasteiger charge is 2.24. The standard InChI is InChI=1S/C24H25N5O/c1-26-13-15-27(16-14-26)24(30)20-17-23(29-11-6-5-9-22(20)29)21-10-12-28(25-21)18-19-7-3-2-4-8-19/h2-12,17H,13-16,18H2,1H3. The third-order valence-corrected chi connectivity index (χ3v) is 5.79. The molecule has 152 valence electrons. The molecule has 0 spiro atoms. The van der Waals surface area contributed by atoms with E-state index in [2.05, 4.69) is 28.5 Å².